The molecule has 1 aromatic rings. The molecular formula is C14H18N2O2S. The predicted molar refractivity (Wildman–Crippen MR) is 74.5 cm³/mol. The van der Waals surface area contributed by atoms with Crippen LogP contribution in [0, 0.1) is 0 Å². The molecule has 2 heterocycles. The highest BCUT2D eigenvalue weighted by molar-refractivity contribution is 7.14. The lowest BCUT2D eigenvalue weighted by atomic mass is 9.99. The molecule has 0 spiro atoms. The minimum atomic E-state index is -0.0489. The second kappa shape index (κ2) is 5.33. The van der Waals surface area contributed by atoms with E-state index in [1.165, 1.54) is 23.3 Å². The van der Waals surface area contributed by atoms with Crippen molar-refractivity contribution in [3.05, 3.63) is 21.4 Å². The molecule has 1 fully saturated rings. The molecular weight excluding hydrogens is 260 g/mol. The van der Waals surface area contributed by atoms with Gasteiger partial charge in [-0.25, -0.2) is 0 Å². The maximum absolute atomic E-state index is 12.5. The first-order chi connectivity index (χ1) is 9.24. The van der Waals surface area contributed by atoms with Gasteiger partial charge < -0.3 is 10.2 Å². The van der Waals surface area contributed by atoms with Crippen molar-refractivity contribution in [1.82, 2.24) is 10.2 Å². The lowest BCUT2D eigenvalue weighted by Gasteiger charge is -2.17. The van der Waals surface area contributed by atoms with E-state index >= 15 is 0 Å². The summed E-state index contributed by atoms with van der Waals surface area (Å²) in [6.45, 7) is 1.53. The number of fused-ring (bicyclic) bond motifs is 1. The summed E-state index contributed by atoms with van der Waals surface area (Å²) in [5, 5.41) is 2.80. The van der Waals surface area contributed by atoms with E-state index in [2.05, 4.69) is 5.32 Å². The maximum Gasteiger partial charge on any atom is 0.264 e. The summed E-state index contributed by atoms with van der Waals surface area (Å²) in [6, 6.07) is 2.05. The molecule has 102 valence electrons. The average Bonchev–Trinajstić information content (AvgIpc) is 2.73. The van der Waals surface area contributed by atoms with Crippen LogP contribution in [0.5, 0.6) is 0 Å². The second-order valence-electron chi connectivity index (χ2n) is 5.20. The first kappa shape index (κ1) is 12.7. The summed E-state index contributed by atoms with van der Waals surface area (Å²) in [6.07, 6.45) is 5.49. The minimum Gasteiger partial charge on any atom is -0.354 e. The van der Waals surface area contributed by atoms with Gasteiger partial charge in [-0.3, -0.25) is 9.59 Å². The van der Waals surface area contributed by atoms with Gasteiger partial charge in [0.25, 0.3) is 5.91 Å². The van der Waals surface area contributed by atoms with Crippen LogP contribution < -0.4 is 5.32 Å². The topological polar surface area (TPSA) is 49.4 Å². The molecule has 1 aromatic heterocycles. The number of hydrogen-bond acceptors (Lipinski definition) is 3. The van der Waals surface area contributed by atoms with Crippen molar-refractivity contribution >= 4 is 23.2 Å². The highest BCUT2D eigenvalue weighted by Gasteiger charge is 2.24. The van der Waals surface area contributed by atoms with Crippen LogP contribution in [0.2, 0.25) is 0 Å². The fourth-order valence-corrected chi connectivity index (χ4v) is 3.95. The Bertz CT molecular complexity index is 486. The molecule has 1 saturated heterocycles. The molecule has 1 aliphatic heterocycles. The number of carbonyl (C=O) groups is 2. The van der Waals surface area contributed by atoms with Crippen LogP contribution in [0.1, 0.15) is 39.4 Å². The van der Waals surface area contributed by atoms with Crippen molar-refractivity contribution < 1.29 is 9.59 Å². The van der Waals surface area contributed by atoms with Crippen molar-refractivity contribution in [2.24, 2.45) is 0 Å². The molecule has 0 aromatic carbocycles. The Morgan fingerprint density at radius 1 is 1.26 bits per heavy atom. The smallest absolute Gasteiger partial charge is 0.264 e. The van der Waals surface area contributed by atoms with E-state index in [-0.39, 0.29) is 18.4 Å². The molecule has 0 unspecified atom stereocenters. The summed E-state index contributed by atoms with van der Waals surface area (Å²) >= 11 is 1.62. The third kappa shape index (κ3) is 2.66. The Morgan fingerprint density at radius 3 is 2.95 bits per heavy atom. The summed E-state index contributed by atoms with van der Waals surface area (Å²) in [5.41, 5.74) is 1.35. The molecule has 2 amide bonds. The number of nitrogens with zero attached hydrogens (tertiary/aromatic N) is 1. The van der Waals surface area contributed by atoms with Gasteiger partial charge in [0.15, 0.2) is 0 Å². The van der Waals surface area contributed by atoms with Crippen LogP contribution in [-0.4, -0.2) is 36.3 Å². The number of thiophene rings is 1. The summed E-state index contributed by atoms with van der Waals surface area (Å²) in [5.74, 6) is -0.0244. The van der Waals surface area contributed by atoms with E-state index in [9.17, 15) is 9.59 Å². The van der Waals surface area contributed by atoms with Crippen LogP contribution >= 0.6 is 11.3 Å². The Morgan fingerprint density at radius 2 is 2.11 bits per heavy atom. The summed E-state index contributed by atoms with van der Waals surface area (Å²) in [7, 11) is 0. The van der Waals surface area contributed by atoms with E-state index < -0.39 is 0 Å². The molecule has 19 heavy (non-hydrogen) atoms. The largest absolute Gasteiger partial charge is 0.354 e. The molecule has 4 nitrogen and oxygen atoms in total. The van der Waals surface area contributed by atoms with Gasteiger partial charge >= 0.3 is 0 Å². The summed E-state index contributed by atoms with van der Waals surface area (Å²) in [4.78, 5) is 27.9. The Kier molecular flexibility index (Phi) is 3.55. The fourth-order valence-electron chi connectivity index (χ4n) is 2.73. The number of amides is 2. The van der Waals surface area contributed by atoms with E-state index in [1.54, 1.807) is 16.2 Å². The molecule has 0 atom stereocenters. The zero-order valence-electron chi connectivity index (χ0n) is 10.9. The third-order valence-electron chi connectivity index (χ3n) is 3.76. The summed E-state index contributed by atoms with van der Waals surface area (Å²) < 4.78 is 0. The van der Waals surface area contributed by atoms with Crippen LogP contribution in [0.3, 0.4) is 0 Å². The number of nitrogens with one attached hydrogen (secondary N) is 1. The Labute approximate surface area is 116 Å². The zero-order valence-corrected chi connectivity index (χ0v) is 11.7. The molecule has 0 radical (unpaired) electrons. The van der Waals surface area contributed by atoms with Gasteiger partial charge in [-0.15, -0.1) is 11.3 Å². The van der Waals surface area contributed by atoms with Crippen LogP contribution in [0.25, 0.3) is 0 Å². The number of hydrogen-bond donors (Lipinski definition) is 1. The van der Waals surface area contributed by atoms with E-state index in [1.807, 2.05) is 6.07 Å². The van der Waals surface area contributed by atoms with Gasteiger partial charge in [0.2, 0.25) is 5.91 Å². The van der Waals surface area contributed by atoms with Crippen molar-refractivity contribution in [2.45, 2.75) is 32.1 Å². The van der Waals surface area contributed by atoms with Crippen molar-refractivity contribution in [3.63, 3.8) is 0 Å². The molecule has 1 aliphatic carbocycles. The van der Waals surface area contributed by atoms with E-state index in [0.29, 0.717) is 13.1 Å². The van der Waals surface area contributed by atoms with Gasteiger partial charge in [0.05, 0.1) is 11.4 Å². The molecule has 0 bridgehead atoms. The first-order valence-corrected chi connectivity index (χ1v) is 7.73. The molecule has 2 aliphatic rings. The quantitative estimate of drug-likeness (QED) is 0.848. The van der Waals surface area contributed by atoms with Gasteiger partial charge in [-0.05, 0) is 43.7 Å². The van der Waals surface area contributed by atoms with Gasteiger partial charge in [0, 0.05) is 18.0 Å². The SMILES string of the molecule is O=C1CN(C(=O)c2cc3c(s2)CCCC3)CCCN1. The van der Waals surface area contributed by atoms with Crippen molar-refractivity contribution in [2.75, 3.05) is 19.6 Å². The Hall–Kier alpha value is -1.36. The monoisotopic (exact) mass is 278 g/mol. The average molecular weight is 278 g/mol. The van der Waals surface area contributed by atoms with Crippen LogP contribution in [0.4, 0.5) is 0 Å². The lowest BCUT2D eigenvalue weighted by Crippen LogP contribution is -2.37. The predicted octanol–water partition coefficient (Wildman–Crippen LogP) is 1.59. The number of carbonyl (C=O) groups excluding carboxylic acids is 2. The molecule has 0 saturated carbocycles. The second-order valence-corrected chi connectivity index (χ2v) is 6.33. The fraction of sp³-hybridized carbons (Fsp3) is 0.571. The molecule has 3 rings (SSSR count). The number of rotatable bonds is 1. The third-order valence-corrected chi connectivity index (χ3v) is 4.98. The molecule has 5 heteroatoms. The Balaban J connectivity index is 1.78. The zero-order chi connectivity index (χ0) is 13.2. The van der Waals surface area contributed by atoms with Crippen molar-refractivity contribution in [3.8, 4) is 0 Å². The minimum absolute atomic E-state index is 0.0245. The van der Waals surface area contributed by atoms with Gasteiger partial charge in [-0.1, -0.05) is 0 Å². The van der Waals surface area contributed by atoms with E-state index in [0.717, 1.165) is 24.1 Å². The maximum atomic E-state index is 12.5. The number of aryl methyl sites for hydroxylation is 2. The standard InChI is InChI=1S/C14H18N2O2S/c17-13-9-16(7-3-6-15-13)14(18)12-8-10-4-1-2-5-11(10)19-12/h8H,1-7,9H2,(H,15,17). The van der Waals surface area contributed by atoms with Crippen molar-refractivity contribution in [1.29, 1.82) is 0 Å². The highest BCUT2D eigenvalue weighted by Crippen LogP contribution is 2.30. The lowest BCUT2D eigenvalue weighted by molar-refractivity contribution is -0.121. The van der Waals surface area contributed by atoms with Crippen LogP contribution in [0.15, 0.2) is 6.07 Å². The highest BCUT2D eigenvalue weighted by atomic mass is 32.1. The van der Waals surface area contributed by atoms with Crippen LogP contribution in [-0.2, 0) is 17.6 Å². The first-order valence-electron chi connectivity index (χ1n) is 6.91. The van der Waals surface area contributed by atoms with Gasteiger partial charge in [-0.2, -0.15) is 0 Å². The normalized spacial score (nSPS) is 19.6. The van der Waals surface area contributed by atoms with Gasteiger partial charge in [0.1, 0.15) is 0 Å². The van der Waals surface area contributed by atoms with E-state index in [4.69, 9.17) is 0 Å². The molecule has 1 N–H and O–H groups in total.